The summed E-state index contributed by atoms with van der Waals surface area (Å²) in [5.41, 5.74) is 0.596. The third-order valence-corrected chi connectivity index (χ3v) is 5.49. The van der Waals surface area contributed by atoms with Crippen LogP contribution in [0.15, 0.2) is 12.1 Å². The summed E-state index contributed by atoms with van der Waals surface area (Å²) in [6, 6.07) is 3.47. The highest BCUT2D eigenvalue weighted by molar-refractivity contribution is 7.10. The molecule has 1 fully saturated rings. The van der Waals surface area contributed by atoms with Gasteiger partial charge in [0.15, 0.2) is 22.6 Å². The lowest BCUT2D eigenvalue weighted by Gasteiger charge is -2.28. The third kappa shape index (κ3) is 3.32. The van der Waals surface area contributed by atoms with Gasteiger partial charge >= 0.3 is 0 Å². The van der Waals surface area contributed by atoms with Gasteiger partial charge in [0, 0.05) is 12.6 Å². The number of likely N-dealkylation sites (tertiary alicyclic amines) is 1. The summed E-state index contributed by atoms with van der Waals surface area (Å²) in [5, 5.41) is 13.0. The molecule has 0 spiro atoms. The summed E-state index contributed by atoms with van der Waals surface area (Å²) in [5.74, 6) is -3.90. The van der Waals surface area contributed by atoms with E-state index in [1.807, 2.05) is 17.9 Å². The van der Waals surface area contributed by atoms with Gasteiger partial charge in [0.25, 0.3) is 0 Å². The van der Waals surface area contributed by atoms with Crippen LogP contribution in [0.1, 0.15) is 30.5 Å². The van der Waals surface area contributed by atoms with E-state index in [0.717, 1.165) is 23.7 Å². The minimum Gasteiger partial charge on any atom is -0.370 e. The average molecular weight is 387 g/mol. The van der Waals surface area contributed by atoms with Crippen LogP contribution < -0.4 is 5.32 Å². The Morgan fingerprint density at radius 1 is 1.40 bits per heavy atom. The van der Waals surface area contributed by atoms with Gasteiger partial charge in [-0.25, -0.2) is 13.2 Å². The molecule has 2 aromatic rings. The molecule has 2 atom stereocenters. The van der Waals surface area contributed by atoms with E-state index < -0.39 is 17.5 Å². The van der Waals surface area contributed by atoms with Gasteiger partial charge in [-0.05, 0) is 42.2 Å². The number of halogens is 4. The number of likely N-dealkylation sites (N-methyl/N-ethyl adjacent to an activating group) is 1. The molecule has 9 heteroatoms. The molecule has 1 aromatic heterocycles. The normalized spacial score (nSPS) is 20.6. The van der Waals surface area contributed by atoms with Crippen molar-refractivity contribution in [2.75, 3.05) is 18.4 Å². The zero-order valence-corrected chi connectivity index (χ0v) is 14.8. The molecule has 1 aliphatic heterocycles. The second-order valence-corrected chi connectivity index (χ2v) is 6.83. The number of nitriles is 1. The fourth-order valence-corrected chi connectivity index (χ4v) is 4.18. The van der Waals surface area contributed by atoms with Gasteiger partial charge in [0.2, 0.25) is 0 Å². The lowest BCUT2D eigenvalue weighted by Crippen LogP contribution is -2.31. The maximum Gasteiger partial charge on any atom is 0.194 e. The molecule has 1 saturated heterocycles. The molecule has 4 nitrogen and oxygen atoms in total. The molecule has 1 N–H and O–H groups in total. The first-order valence-electron chi connectivity index (χ1n) is 7.66. The van der Waals surface area contributed by atoms with E-state index in [9.17, 15) is 18.4 Å². The van der Waals surface area contributed by atoms with Gasteiger partial charge in [-0.1, -0.05) is 18.5 Å². The predicted molar refractivity (Wildman–Crippen MR) is 90.2 cm³/mol. The zero-order valence-electron chi connectivity index (χ0n) is 13.2. The van der Waals surface area contributed by atoms with E-state index in [2.05, 4.69) is 9.69 Å². The largest absolute Gasteiger partial charge is 0.370 e. The Labute approximate surface area is 152 Å². The van der Waals surface area contributed by atoms with Gasteiger partial charge in [0.05, 0.1) is 6.04 Å². The second-order valence-electron chi connectivity index (χ2n) is 5.70. The quantitative estimate of drug-likeness (QED) is 0.794. The molecule has 0 aliphatic carbocycles. The highest BCUT2D eigenvalue weighted by atomic mass is 35.5. The Bertz CT molecular complexity index is 812. The molecule has 3 rings (SSSR count). The van der Waals surface area contributed by atoms with Crippen molar-refractivity contribution in [3.63, 3.8) is 0 Å². The van der Waals surface area contributed by atoms with E-state index in [0.29, 0.717) is 30.1 Å². The molecule has 1 aliphatic rings. The minimum atomic E-state index is -1.48. The van der Waals surface area contributed by atoms with Crippen molar-refractivity contribution in [1.29, 1.82) is 5.26 Å². The summed E-state index contributed by atoms with van der Waals surface area (Å²) in [7, 11) is 0. The van der Waals surface area contributed by atoms with Gasteiger partial charge in [-0.15, -0.1) is 0 Å². The van der Waals surface area contributed by atoms with Crippen LogP contribution in [0.2, 0.25) is 5.15 Å². The maximum atomic E-state index is 13.7. The van der Waals surface area contributed by atoms with E-state index >= 15 is 0 Å². The van der Waals surface area contributed by atoms with Crippen molar-refractivity contribution < 1.29 is 13.2 Å². The molecule has 132 valence electrons. The lowest BCUT2D eigenvalue weighted by molar-refractivity contribution is 0.263. The van der Waals surface area contributed by atoms with Crippen molar-refractivity contribution in [2.45, 2.75) is 25.4 Å². The molecule has 2 heterocycles. The predicted octanol–water partition coefficient (Wildman–Crippen LogP) is 4.33. The molecule has 25 heavy (non-hydrogen) atoms. The number of benzene rings is 1. The fraction of sp³-hybridized carbons (Fsp3) is 0.375. The molecular formula is C16H14ClF3N4S. The summed E-state index contributed by atoms with van der Waals surface area (Å²) in [4.78, 5) is 2.04. The highest BCUT2D eigenvalue weighted by Gasteiger charge is 2.36. The summed E-state index contributed by atoms with van der Waals surface area (Å²) >= 11 is 6.94. The number of nitrogens with zero attached hydrogens (tertiary/aromatic N) is 3. The number of hydrogen-bond acceptors (Lipinski definition) is 5. The molecule has 1 aromatic carbocycles. The van der Waals surface area contributed by atoms with Crippen LogP contribution in [0.25, 0.3) is 0 Å². The Kier molecular flexibility index (Phi) is 5.18. The van der Waals surface area contributed by atoms with Crippen LogP contribution >= 0.6 is 23.1 Å². The Hall–Kier alpha value is -1.82. The molecular weight excluding hydrogens is 373 g/mol. The van der Waals surface area contributed by atoms with Crippen molar-refractivity contribution >= 4 is 28.1 Å². The maximum absolute atomic E-state index is 13.7. The number of anilines is 1. The van der Waals surface area contributed by atoms with E-state index in [1.54, 1.807) is 0 Å². The molecule has 0 amide bonds. The van der Waals surface area contributed by atoms with Crippen molar-refractivity contribution in [1.82, 2.24) is 9.27 Å². The minimum absolute atomic E-state index is 0.121. The Balaban J connectivity index is 1.95. The van der Waals surface area contributed by atoms with Gasteiger partial charge in [0.1, 0.15) is 16.6 Å². The molecule has 0 saturated carbocycles. The van der Waals surface area contributed by atoms with E-state index in [4.69, 9.17) is 11.6 Å². The standard InChI is InChI=1S/C16H14ClF3N4S/c1-2-24-4-3-12(22-16-9(7-21)15(17)23-25-16)14(24)8-5-10(18)13(20)11(19)6-8/h5-6,12,14,22H,2-4H2,1H3. The fourth-order valence-electron chi connectivity index (χ4n) is 3.19. The van der Waals surface area contributed by atoms with Crippen LogP contribution in [-0.2, 0) is 0 Å². The second kappa shape index (κ2) is 7.20. The lowest BCUT2D eigenvalue weighted by atomic mass is 9.99. The first-order chi connectivity index (χ1) is 12.0. The van der Waals surface area contributed by atoms with E-state index in [1.165, 1.54) is 0 Å². The monoisotopic (exact) mass is 386 g/mol. The first-order valence-corrected chi connectivity index (χ1v) is 8.81. The van der Waals surface area contributed by atoms with Crippen molar-refractivity contribution in [3.05, 3.63) is 45.9 Å². The number of aromatic nitrogens is 1. The first kappa shape index (κ1) is 18.0. The number of hydrogen-bond donors (Lipinski definition) is 1. The SMILES string of the molecule is CCN1CCC(Nc2snc(Cl)c2C#N)C1c1cc(F)c(F)c(F)c1. The van der Waals surface area contributed by atoms with Crippen molar-refractivity contribution in [2.24, 2.45) is 0 Å². The number of nitrogens with one attached hydrogen (secondary N) is 1. The van der Waals surface area contributed by atoms with Gasteiger partial charge in [-0.3, -0.25) is 4.90 Å². The summed E-state index contributed by atoms with van der Waals surface area (Å²) in [6.45, 7) is 3.31. The highest BCUT2D eigenvalue weighted by Crippen LogP contribution is 2.37. The van der Waals surface area contributed by atoms with Crippen LogP contribution in [0.5, 0.6) is 0 Å². The van der Waals surface area contributed by atoms with Crippen LogP contribution in [-0.4, -0.2) is 28.4 Å². The van der Waals surface area contributed by atoms with Crippen LogP contribution in [0.4, 0.5) is 18.2 Å². The Morgan fingerprint density at radius 3 is 2.68 bits per heavy atom. The smallest absolute Gasteiger partial charge is 0.194 e. The zero-order chi connectivity index (χ0) is 18.1. The number of rotatable bonds is 4. The molecule has 0 radical (unpaired) electrons. The molecule has 0 bridgehead atoms. The topological polar surface area (TPSA) is 52.0 Å². The summed E-state index contributed by atoms with van der Waals surface area (Å²) < 4.78 is 44.6. The third-order valence-electron chi connectivity index (χ3n) is 4.33. The van der Waals surface area contributed by atoms with Crippen LogP contribution in [0.3, 0.4) is 0 Å². The summed E-state index contributed by atoms with van der Waals surface area (Å²) in [6.07, 6.45) is 0.694. The Morgan fingerprint density at radius 2 is 2.08 bits per heavy atom. The van der Waals surface area contributed by atoms with Crippen LogP contribution in [0, 0.1) is 28.8 Å². The average Bonchev–Trinajstić information content (AvgIpc) is 3.15. The molecule has 2 unspecified atom stereocenters. The van der Waals surface area contributed by atoms with Crippen molar-refractivity contribution in [3.8, 4) is 6.07 Å². The van der Waals surface area contributed by atoms with Gasteiger partial charge in [-0.2, -0.15) is 9.64 Å². The van der Waals surface area contributed by atoms with E-state index in [-0.39, 0.29) is 22.8 Å². The van der Waals surface area contributed by atoms with Gasteiger partial charge < -0.3 is 5.32 Å².